The molecule has 1 amide bonds. The third-order valence-electron chi connectivity index (χ3n) is 0.797. The second kappa shape index (κ2) is 4.29. The number of amides is 1. The Bertz CT molecular complexity index is 94.2. The Morgan fingerprint density at radius 1 is 1.78 bits per heavy atom. The minimum Gasteiger partial charge on any atom is -0.394 e. The van der Waals surface area contributed by atoms with Gasteiger partial charge < -0.3 is 15.5 Å². The van der Waals surface area contributed by atoms with Gasteiger partial charge in [0.05, 0.1) is 12.7 Å². The van der Waals surface area contributed by atoms with Crippen molar-refractivity contribution in [1.29, 1.82) is 0 Å². The summed E-state index contributed by atoms with van der Waals surface area (Å²) in [6, 6.07) is 0. The fourth-order valence-corrected chi connectivity index (χ4v) is 0.326. The predicted octanol–water partition coefficient (Wildman–Crippen LogP) is -1.52. The fraction of sp³-hybridized carbons (Fsp3) is 0.800. The first-order valence-electron chi connectivity index (χ1n) is 2.70. The van der Waals surface area contributed by atoms with Crippen molar-refractivity contribution in [1.82, 2.24) is 5.32 Å². The summed E-state index contributed by atoms with van der Waals surface area (Å²) in [5.41, 5.74) is 0. The van der Waals surface area contributed by atoms with E-state index in [4.69, 9.17) is 10.2 Å². The van der Waals surface area contributed by atoms with E-state index in [1.807, 2.05) is 0 Å². The van der Waals surface area contributed by atoms with E-state index in [1.54, 1.807) is 0 Å². The monoisotopic (exact) mass is 133 g/mol. The molecule has 0 bridgehead atoms. The van der Waals surface area contributed by atoms with Gasteiger partial charge in [-0.15, -0.1) is 0 Å². The van der Waals surface area contributed by atoms with Crippen molar-refractivity contribution in [3.8, 4) is 0 Å². The van der Waals surface area contributed by atoms with Crippen LogP contribution in [0.4, 0.5) is 0 Å². The molecule has 9 heavy (non-hydrogen) atoms. The molecule has 0 saturated heterocycles. The highest BCUT2D eigenvalue weighted by Gasteiger charge is 2.00. The average Bonchev–Trinajstić information content (AvgIpc) is 1.83. The topological polar surface area (TPSA) is 69.6 Å². The summed E-state index contributed by atoms with van der Waals surface area (Å²) in [5.74, 6) is -0.206. The van der Waals surface area contributed by atoms with Crippen molar-refractivity contribution < 1.29 is 15.0 Å². The van der Waals surface area contributed by atoms with E-state index in [0.29, 0.717) is 0 Å². The Kier molecular flexibility index (Phi) is 4.00. The first-order valence-corrected chi connectivity index (χ1v) is 2.70. The predicted molar refractivity (Wildman–Crippen MR) is 31.8 cm³/mol. The lowest BCUT2D eigenvalue weighted by atomic mass is 10.4. The largest absolute Gasteiger partial charge is 0.394 e. The van der Waals surface area contributed by atoms with Gasteiger partial charge >= 0.3 is 0 Å². The van der Waals surface area contributed by atoms with Gasteiger partial charge in [-0.2, -0.15) is 0 Å². The van der Waals surface area contributed by atoms with Crippen LogP contribution in [0.15, 0.2) is 0 Å². The van der Waals surface area contributed by atoms with Gasteiger partial charge in [-0.1, -0.05) is 0 Å². The van der Waals surface area contributed by atoms with Crippen LogP contribution >= 0.6 is 0 Å². The molecule has 0 aromatic rings. The van der Waals surface area contributed by atoms with Crippen molar-refractivity contribution in [2.24, 2.45) is 0 Å². The Morgan fingerprint density at radius 2 is 2.33 bits per heavy atom. The van der Waals surface area contributed by atoms with Gasteiger partial charge in [0.15, 0.2) is 0 Å². The maximum absolute atomic E-state index is 10.2. The first kappa shape index (κ1) is 8.39. The summed E-state index contributed by atoms with van der Waals surface area (Å²) in [6.45, 7) is 1.15. The molecule has 0 fully saturated rings. The molecule has 0 heterocycles. The SMILES string of the molecule is CC(=O)NC[C@H](O)CO. The molecule has 0 aliphatic heterocycles. The molecule has 0 unspecified atom stereocenters. The highest BCUT2D eigenvalue weighted by Crippen LogP contribution is 1.75. The minimum absolute atomic E-state index is 0.117. The Balaban J connectivity index is 3.16. The number of aliphatic hydroxyl groups is 2. The van der Waals surface area contributed by atoms with Crippen LogP contribution in [0.3, 0.4) is 0 Å². The molecule has 0 aromatic heterocycles. The van der Waals surface area contributed by atoms with Crippen molar-refractivity contribution >= 4 is 5.91 Å². The van der Waals surface area contributed by atoms with Gasteiger partial charge in [0, 0.05) is 13.5 Å². The van der Waals surface area contributed by atoms with Gasteiger partial charge in [0.1, 0.15) is 0 Å². The molecule has 0 aliphatic rings. The molecular weight excluding hydrogens is 122 g/mol. The zero-order valence-corrected chi connectivity index (χ0v) is 5.29. The van der Waals surface area contributed by atoms with Crippen LogP contribution in [-0.2, 0) is 4.79 Å². The molecule has 54 valence electrons. The van der Waals surface area contributed by atoms with Crippen LogP contribution in [0.5, 0.6) is 0 Å². The number of hydrogen-bond acceptors (Lipinski definition) is 3. The minimum atomic E-state index is -0.839. The molecule has 0 rings (SSSR count). The zero-order chi connectivity index (χ0) is 7.28. The van der Waals surface area contributed by atoms with Crippen LogP contribution in [0, 0.1) is 0 Å². The van der Waals surface area contributed by atoms with Gasteiger partial charge in [-0.25, -0.2) is 0 Å². The summed E-state index contributed by atoms with van der Waals surface area (Å²) in [4.78, 5) is 10.2. The van der Waals surface area contributed by atoms with Crippen LogP contribution in [0.1, 0.15) is 6.92 Å². The second-order valence-electron chi connectivity index (χ2n) is 1.77. The molecule has 4 nitrogen and oxygen atoms in total. The van der Waals surface area contributed by atoms with E-state index in [2.05, 4.69) is 5.32 Å². The van der Waals surface area contributed by atoms with Gasteiger partial charge in [0.2, 0.25) is 5.91 Å². The number of carbonyl (C=O) groups is 1. The highest BCUT2D eigenvalue weighted by atomic mass is 16.3. The van der Waals surface area contributed by atoms with Crippen molar-refractivity contribution in [2.75, 3.05) is 13.2 Å². The molecule has 4 heteroatoms. The average molecular weight is 133 g/mol. The lowest BCUT2D eigenvalue weighted by Gasteiger charge is -2.05. The maximum atomic E-state index is 10.2. The molecule has 0 spiro atoms. The summed E-state index contributed by atoms with van der Waals surface area (Å²) in [6.07, 6.45) is -0.839. The van der Waals surface area contributed by atoms with E-state index in [9.17, 15) is 4.79 Å². The molecule has 1 atom stereocenters. The normalized spacial score (nSPS) is 12.8. The van der Waals surface area contributed by atoms with Gasteiger partial charge in [0.25, 0.3) is 0 Å². The number of carbonyl (C=O) groups excluding carboxylic acids is 1. The number of hydrogen-bond donors (Lipinski definition) is 3. The van der Waals surface area contributed by atoms with Gasteiger partial charge in [-0.3, -0.25) is 4.79 Å². The Hall–Kier alpha value is -0.610. The van der Waals surface area contributed by atoms with Crippen molar-refractivity contribution in [3.05, 3.63) is 0 Å². The van der Waals surface area contributed by atoms with Crippen molar-refractivity contribution in [3.63, 3.8) is 0 Å². The summed E-state index contributed by atoms with van der Waals surface area (Å²) in [7, 11) is 0. The summed E-state index contributed by atoms with van der Waals surface area (Å²) in [5, 5.41) is 19.2. The van der Waals surface area contributed by atoms with Crippen molar-refractivity contribution in [2.45, 2.75) is 13.0 Å². The Labute approximate surface area is 53.5 Å². The van der Waals surface area contributed by atoms with Crippen LogP contribution in [0.25, 0.3) is 0 Å². The van der Waals surface area contributed by atoms with E-state index < -0.39 is 6.10 Å². The van der Waals surface area contributed by atoms with Crippen LogP contribution in [-0.4, -0.2) is 35.4 Å². The highest BCUT2D eigenvalue weighted by molar-refractivity contribution is 5.72. The number of nitrogens with one attached hydrogen (secondary N) is 1. The number of aliphatic hydroxyl groups excluding tert-OH is 2. The van der Waals surface area contributed by atoms with Crippen LogP contribution < -0.4 is 5.32 Å². The standard InChI is InChI=1S/C5H11NO3/c1-4(8)6-2-5(9)3-7/h5,7,9H,2-3H2,1H3,(H,6,8)/t5-/m0/s1. The van der Waals surface area contributed by atoms with Gasteiger partial charge in [-0.05, 0) is 0 Å². The molecule has 0 radical (unpaired) electrons. The zero-order valence-electron chi connectivity index (χ0n) is 5.29. The smallest absolute Gasteiger partial charge is 0.216 e. The Morgan fingerprint density at radius 3 is 2.67 bits per heavy atom. The lowest BCUT2D eigenvalue weighted by Crippen LogP contribution is -2.32. The molecule has 0 aliphatic carbocycles. The summed E-state index contributed by atoms with van der Waals surface area (Å²) >= 11 is 0. The van der Waals surface area contributed by atoms with E-state index in [0.717, 1.165) is 0 Å². The molecular formula is C5H11NO3. The number of rotatable bonds is 3. The van der Waals surface area contributed by atoms with Crippen LogP contribution in [0.2, 0.25) is 0 Å². The third kappa shape index (κ3) is 5.26. The third-order valence-corrected chi connectivity index (χ3v) is 0.797. The summed E-state index contributed by atoms with van der Waals surface area (Å²) < 4.78 is 0. The first-order chi connectivity index (χ1) is 4.16. The lowest BCUT2D eigenvalue weighted by molar-refractivity contribution is -0.119. The van der Waals surface area contributed by atoms with E-state index >= 15 is 0 Å². The second-order valence-corrected chi connectivity index (χ2v) is 1.77. The fourth-order valence-electron chi connectivity index (χ4n) is 0.326. The van der Waals surface area contributed by atoms with E-state index in [1.165, 1.54) is 6.92 Å². The molecule has 0 saturated carbocycles. The maximum Gasteiger partial charge on any atom is 0.216 e. The molecule has 3 N–H and O–H groups in total. The van der Waals surface area contributed by atoms with E-state index in [-0.39, 0.29) is 19.1 Å². The molecule has 0 aromatic carbocycles. The quantitative estimate of drug-likeness (QED) is 0.437.